The quantitative estimate of drug-likeness (QED) is 0.122. The van der Waals surface area contributed by atoms with Crippen molar-refractivity contribution in [2.45, 2.75) is 93.3 Å². The molecule has 9 aliphatic carbocycles. The first kappa shape index (κ1) is 35.0. The normalized spacial score (nSPS) is 31.9. The van der Waals surface area contributed by atoms with Gasteiger partial charge in [0.15, 0.2) is 0 Å². The first-order valence-corrected chi connectivity index (χ1v) is 20.9. The summed E-state index contributed by atoms with van der Waals surface area (Å²) < 4.78 is 0. The van der Waals surface area contributed by atoms with Crippen molar-refractivity contribution in [1.29, 1.82) is 0 Å². The third-order valence-corrected chi connectivity index (χ3v) is 16.2. The SMILES string of the molecule is O=C(O)c1ccc(C2(c3ccc(C(=O)O)c(C(=O)O)c3)c3ccccc3-c3ccc(C45CC6CC(CC(C6)C4)C5)c(C45CC6CC(CC(C6)C4)C5)c32)cc1C(=O)O. The molecule has 0 spiro atoms. The first-order valence-electron chi connectivity index (χ1n) is 20.9. The van der Waals surface area contributed by atoms with Crippen LogP contribution in [0.2, 0.25) is 0 Å². The molecule has 0 amide bonds. The Hall–Kier alpha value is -5.24. The molecule has 57 heavy (non-hydrogen) atoms. The second kappa shape index (κ2) is 11.9. The zero-order valence-corrected chi connectivity index (χ0v) is 31.8. The van der Waals surface area contributed by atoms with Crippen molar-refractivity contribution in [1.82, 2.24) is 0 Å². The van der Waals surface area contributed by atoms with E-state index in [9.17, 15) is 39.6 Å². The summed E-state index contributed by atoms with van der Waals surface area (Å²) in [6.07, 6.45) is 14.4. The fourth-order valence-corrected chi connectivity index (χ4v) is 15.3. The lowest BCUT2D eigenvalue weighted by Gasteiger charge is -2.61. The molecule has 0 aliphatic heterocycles. The predicted octanol–water partition coefficient (Wildman–Crippen LogP) is 9.78. The number of carboxylic acids is 4. The number of carbonyl (C=O) groups is 4. The number of aromatic carboxylic acids is 4. The van der Waals surface area contributed by atoms with Crippen molar-refractivity contribution in [2.75, 3.05) is 0 Å². The molecule has 0 saturated heterocycles. The van der Waals surface area contributed by atoms with E-state index in [2.05, 4.69) is 18.2 Å². The number of rotatable bonds is 8. The number of hydrogen-bond donors (Lipinski definition) is 4. The Balaban J connectivity index is 1.31. The smallest absolute Gasteiger partial charge is 0.336 e. The van der Waals surface area contributed by atoms with E-state index in [-0.39, 0.29) is 33.1 Å². The van der Waals surface area contributed by atoms with Crippen LogP contribution < -0.4 is 0 Å². The van der Waals surface area contributed by atoms with E-state index in [0.717, 1.165) is 60.8 Å². The molecular formula is C49H46O8. The van der Waals surface area contributed by atoms with Crippen LogP contribution in [0.5, 0.6) is 0 Å². The monoisotopic (exact) mass is 762 g/mol. The van der Waals surface area contributed by atoms with E-state index in [1.54, 1.807) is 12.1 Å². The van der Waals surface area contributed by atoms with E-state index >= 15 is 0 Å². The van der Waals surface area contributed by atoms with Crippen molar-refractivity contribution in [2.24, 2.45) is 35.5 Å². The van der Waals surface area contributed by atoms with Gasteiger partial charge in [-0.15, -0.1) is 0 Å². The molecule has 8 fully saturated rings. The van der Waals surface area contributed by atoms with Gasteiger partial charge in [0.2, 0.25) is 0 Å². The average molecular weight is 763 g/mol. The summed E-state index contributed by atoms with van der Waals surface area (Å²) in [6, 6.07) is 22.0. The highest BCUT2D eigenvalue weighted by Gasteiger charge is 2.60. The molecule has 9 aliphatic rings. The minimum absolute atomic E-state index is 0.00172. The van der Waals surface area contributed by atoms with Crippen molar-refractivity contribution < 1.29 is 39.6 Å². The molecule has 0 heterocycles. The lowest BCUT2D eigenvalue weighted by Crippen LogP contribution is -2.53. The molecule has 4 aromatic rings. The van der Waals surface area contributed by atoms with Crippen LogP contribution in [-0.4, -0.2) is 44.3 Å². The van der Waals surface area contributed by atoms with E-state index < -0.39 is 29.3 Å². The molecule has 4 N–H and O–H groups in total. The van der Waals surface area contributed by atoms with Crippen molar-refractivity contribution in [3.05, 3.63) is 128 Å². The summed E-state index contributed by atoms with van der Waals surface area (Å²) in [7, 11) is 0. The third-order valence-electron chi connectivity index (χ3n) is 16.2. The van der Waals surface area contributed by atoms with Crippen LogP contribution in [0, 0.1) is 35.5 Å². The van der Waals surface area contributed by atoms with Crippen molar-refractivity contribution >= 4 is 23.9 Å². The largest absolute Gasteiger partial charge is 0.478 e. The highest BCUT2D eigenvalue weighted by molar-refractivity contribution is 6.03. The van der Waals surface area contributed by atoms with Gasteiger partial charge in [-0.25, -0.2) is 19.2 Å². The van der Waals surface area contributed by atoms with Crippen LogP contribution in [0.15, 0.2) is 72.8 Å². The van der Waals surface area contributed by atoms with Crippen LogP contribution >= 0.6 is 0 Å². The molecule has 0 radical (unpaired) electrons. The molecule has 290 valence electrons. The van der Waals surface area contributed by atoms with Crippen molar-refractivity contribution in [3.63, 3.8) is 0 Å². The summed E-state index contributed by atoms with van der Waals surface area (Å²) >= 11 is 0. The second-order valence-corrected chi connectivity index (χ2v) is 19.3. The van der Waals surface area contributed by atoms with Gasteiger partial charge in [-0.05, 0) is 192 Å². The van der Waals surface area contributed by atoms with Crippen LogP contribution in [0.1, 0.15) is 152 Å². The predicted molar refractivity (Wildman–Crippen MR) is 211 cm³/mol. The molecule has 0 unspecified atom stereocenters. The summed E-state index contributed by atoms with van der Waals surface area (Å²) in [4.78, 5) is 51.0. The van der Waals surface area contributed by atoms with Crippen LogP contribution in [0.25, 0.3) is 11.1 Å². The third kappa shape index (κ3) is 4.79. The Morgan fingerprint density at radius 1 is 0.421 bits per heavy atom. The van der Waals surface area contributed by atoms with Gasteiger partial charge in [-0.1, -0.05) is 48.5 Å². The maximum atomic E-state index is 13.0. The van der Waals surface area contributed by atoms with Gasteiger partial charge in [0.25, 0.3) is 0 Å². The van der Waals surface area contributed by atoms with Gasteiger partial charge < -0.3 is 20.4 Å². The fourth-order valence-electron chi connectivity index (χ4n) is 15.3. The number of carboxylic acid groups (broad SMARTS) is 4. The minimum atomic E-state index is -1.37. The molecular weight excluding hydrogens is 717 g/mol. The molecule has 13 rings (SSSR count). The standard InChI is InChI=1S/C49H46O8/c50-43(51)35-7-5-31(17-37(35)45(54)55)49(32-6-8-36(44(52)53)38(18-32)46(56)57)39-4-2-1-3-33(39)34-9-10-40(47-19-25-11-26(20-47)13-27(12-25)21-47)42(41(34)49)48-22-28-14-29(23-48)16-30(15-28)24-48/h1-10,17-18,25-30H,11-16,19-24H2,(H,50,51)(H,52,53)(H,54,55)(H,56,57). The molecule has 8 heteroatoms. The van der Waals surface area contributed by atoms with Crippen LogP contribution in [0.4, 0.5) is 0 Å². The molecule has 4 aromatic carbocycles. The molecule has 8 bridgehead atoms. The first-order chi connectivity index (χ1) is 27.4. The average Bonchev–Trinajstić information content (AvgIpc) is 3.47. The molecule has 8 nitrogen and oxygen atoms in total. The van der Waals surface area contributed by atoms with Gasteiger partial charge in [0.1, 0.15) is 0 Å². The summed E-state index contributed by atoms with van der Waals surface area (Å²) in [5.74, 6) is -1.49. The van der Waals surface area contributed by atoms with E-state index in [1.165, 1.54) is 73.9 Å². The number of hydrogen-bond acceptors (Lipinski definition) is 4. The molecule has 0 aromatic heterocycles. The maximum Gasteiger partial charge on any atom is 0.336 e. The fraction of sp³-hybridized carbons (Fsp3) is 0.429. The molecule has 8 saturated carbocycles. The summed E-state index contributed by atoms with van der Waals surface area (Å²) in [5.41, 5.74) is 4.99. The van der Waals surface area contributed by atoms with Crippen LogP contribution in [-0.2, 0) is 16.2 Å². The lowest BCUT2D eigenvalue weighted by atomic mass is 9.43. The van der Waals surface area contributed by atoms with Gasteiger partial charge in [-0.3, -0.25) is 0 Å². The van der Waals surface area contributed by atoms with E-state index in [1.807, 2.05) is 18.2 Å². The highest BCUT2D eigenvalue weighted by atomic mass is 16.4. The number of fused-ring (bicyclic) bond motifs is 3. The van der Waals surface area contributed by atoms with Gasteiger partial charge >= 0.3 is 23.9 Å². The summed E-state index contributed by atoms with van der Waals surface area (Å²) in [6.45, 7) is 0. The zero-order valence-electron chi connectivity index (χ0n) is 31.8. The Kier molecular flexibility index (Phi) is 7.30. The highest BCUT2D eigenvalue weighted by Crippen LogP contribution is 2.69. The van der Waals surface area contributed by atoms with Crippen molar-refractivity contribution in [3.8, 4) is 11.1 Å². The Labute approximate surface area is 331 Å². The number of benzene rings is 4. The van der Waals surface area contributed by atoms with E-state index in [0.29, 0.717) is 46.6 Å². The molecule has 0 atom stereocenters. The van der Waals surface area contributed by atoms with E-state index in [4.69, 9.17) is 0 Å². The van der Waals surface area contributed by atoms with Crippen LogP contribution in [0.3, 0.4) is 0 Å². The Morgan fingerprint density at radius 3 is 1.28 bits per heavy atom. The lowest BCUT2D eigenvalue weighted by molar-refractivity contribution is -0.0178. The Morgan fingerprint density at radius 2 is 0.842 bits per heavy atom. The Bertz CT molecular complexity index is 2330. The van der Waals surface area contributed by atoms with Gasteiger partial charge in [0, 0.05) is 0 Å². The topological polar surface area (TPSA) is 149 Å². The summed E-state index contributed by atoms with van der Waals surface area (Å²) in [5, 5.41) is 41.6. The zero-order chi connectivity index (χ0) is 39.2. The second-order valence-electron chi connectivity index (χ2n) is 19.3. The van der Waals surface area contributed by atoms with Gasteiger partial charge in [-0.2, -0.15) is 0 Å². The van der Waals surface area contributed by atoms with Gasteiger partial charge in [0.05, 0.1) is 27.7 Å². The maximum absolute atomic E-state index is 13.0. The minimum Gasteiger partial charge on any atom is -0.478 e.